The normalized spacial score (nSPS) is 25.2. The first-order valence-electron chi connectivity index (χ1n) is 4.46. The average Bonchev–Trinajstić information content (AvgIpc) is 2.46. The van der Waals surface area contributed by atoms with Crippen LogP contribution in [0.3, 0.4) is 0 Å². The highest BCUT2D eigenvalue weighted by Gasteiger charge is 2.23. The van der Waals surface area contributed by atoms with Gasteiger partial charge < -0.3 is 0 Å². The van der Waals surface area contributed by atoms with Crippen LogP contribution in [0.2, 0.25) is 0 Å². The molecule has 1 aliphatic rings. The Kier molecular flexibility index (Phi) is 3.97. The predicted octanol–water partition coefficient (Wildman–Crippen LogP) is 0.544. The number of likely N-dealkylation sites (N-methyl/N-ethyl adjacent to an activating group) is 1. The first-order chi connectivity index (χ1) is 6.03. The van der Waals surface area contributed by atoms with Crippen molar-refractivity contribution in [2.75, 3.05) is 19.6 Å². The Morgan fingerprint density at radius 2 is 2.31 bits per heavy atom. The van der Waals surface area contributed by atoms with Crippen molar-refractivity contribution in [3.05, 3.63) is 0 Å². The monoisotopic (exact) mass is 226 g/mol. The van der Waals surface area contributed by atoms with Crippen molar-refractivity contribution < 1.29 is 8.42 Å². The molecule has 1 atom stereocenters. The zero-order chi connectivity index (χ0) is 9.90. The van der Waals surface area contributed by atoms with E-state index in [-0.39, 0.29) is 0 Å². The molecule has 0 bridgehead atoms. The summed E-state index contributed by atoms with van der Waals surface area (Å²) in [6.07, 6.45) is 2.19. The first kappa shape index (κ1) is 11.2. The number of nitrogens with zero attached hydrogens (tertiary/aromatic N) is 1. The van der Waals surface area contributed by atoms with Crippen LogP contribution >= 0.6 is 10.7 Å². The van der Waals surface area contributed by atoms with Gasteiger partial charge in [-0.25, -0.2) is 4.72 Å². The molecule has 6 heteroatoms. The molecule has 13 heavy (non-hydrogen) atoms. The fourth-order valence-corrected chi connectivity index (χ4v) is 2.32. The van der Waals surface area contributed by atoms with E-state index < -0.39 is 9.24 Å². The molecule has 1 aliphatic heterocycles. The summed E-state index contributed by atoms with van der Waals surface area (Å²) in [6.45, 7) is 4.53. The Morgan fingerprint density at radius 3 is 2.85 bits per heavy atom. The number of nitrogens with one attached hydrogen (secondary N) is 1. The van der Waals surface area contributed by atoms with Crippen LogP contribution in [0, 0.1) is 0 Å². The molecule has 4 nitrogen and oxygen atoms in total. The quantitative estimate of drug-likeness (QED) is 0.713. The van der Waals surface area contributed by atoms with Crippen molar-refractivity contribution in [1.82, 2.24) is 9.62 Å². The van der Waals surface area contributed by atoms with Crippen molar-refractivity contribution in [1.29, 1.82) is 0 Å². The van der Waals surface area contributed by atoms with Crippen molar-refractivity contribution >= 4 is 19.9 Å². The Balaban J connectivity index is 2.36. The third-order valence-corrected chi connectivity index (χ3v) is 3.24. The molecule has 0 spiro atoms. The minimum absolute atomic E-state index is 0.318. The van der Waals surface area contributed by atoms with E-state index in [0.29, 0.717) is 12.6 Å². The third kappa shape index (κ3) is 3.81. The van der Waals surface area contributed by atoms with Gasteiger partial charge in [0.05, 0.1) is 0 Å². The molecule has 0 aromatic rings. The standard InChI is InChI=1S/C7H15ClN2O2S/c1-2-10-5-3-4-7(10)6-9-13(8,11)12/h7,9H,2-6H2,1H3. The van der Waals surface area contributed by atoms with Gasteiger partial charge in [-0.3, -0.25) is 4.90 Å². The molecule has 1 N–H and O–H groups in total. The predicted molar refractivity (Wildman–Crippen MR) is 53.0 cm³/mol. The number of likely N-dealkylation sites (tertiary alicyclic amines) is 1. The second kappa shape index (κ2) is 4.59. The summed E-state index contributed by atoms with van der Waals surface area (Å²) < 4.78 is 23.6. The third-order valence-electron chi connectivity index (χ3n) is 2.40. The summed E-state index contributed by atoms with van der Waals surface area (Å²) in [6, 6.07) is 0.318. The minimum atomic E-state index is -3.55. The Labute approximate surface area is 83.8 Å². The fraction of sp³-hybridized carbons (Fsp3) is 1.00. The van der Waals surface area contributed by atoms with E-state index in [0.717, 1.165) is 25.9 Å². The lowest BCUT2D eigenvalue weighted by atomic mass is 10.2. The largest absolute Gasteiger partial charge is 0.299 e. The number of halogens is 1. The van der Waals surface area contributed by atoms with Crippen LogP contribution in [0.4, 0.5) is 0 Å². The molecule has 0 saturated carbocycles. The van der Waals surface area contributed by atoms with Crippen LogP contribution < -0.4 is 4.72 Å². The fourth-order valence-electron chi connectivity index (χ4n) is 1.74. The van der Waals surface area contributed by atoms with Crippen molar-refractivity contribution in [2.24, 2.45) is 0 Å². The lowest BCUT2D eigenvalue weighted by Crippen LogP contribution is -2.38. The zero-order valence-electron chi connectivity index (χ0n) is 7.66. The number of hydrogen-bond donors (Lipinski definition) is 1. The van der Waals surface area contributed by atoms with E-state index in [1.54, 1.807) is 0 Å². The smallest absolute Gasteiger partial charge is 0.297 e. The van der Waals surface area contributed by atoms with Gasteiger partial charge in [-0.1, -0.05) is 6.92 Å². The molecule has 0 radical (unpaired) electrons. The highest BCUT2D eigenvalue weighted by molar-refractivity contribution is 8.12. The van der Waals surface area contributed by atoms with Crippen molar-refractivity contribution in [2.45, 2.75) is 25.8 Å². The summed E-state index contributed by atoms with van der Waals surface area (Å²) in [5, 5.41) is 0. The van der Waals surface area contributed by atoms with E-state index in [9.17, 15) is 8.42 Å². The SMILES string of the molecule is CCN1CCCC1CNS(=O)(=O)Cl. The Morgan fingerprint density at radius 1 is 1.62 bits per heavy atom. The van der Waals surface area contributed by atoms with Crippen molar-refractivity contribution in [3.8, 4) is 0 Å². The van der Waals surface area contributed by atoms with Gasteiger partial charge in [-0.05, 0) is 25.9 Å². The molecule has 1 saturated heterocycles. The Bertz CT molecular complexity index is 255. The number of rotatable bonds is 4. The van der Waals surface area contributed by atoms with E-state index in [1.807, 2.05) is 0 Å². The molecular formula is C7H15ClN2O2S. The maximum Gasteiger partial charge on any atom is 0.297 e. The molecule has 0 amide bonds. The van der Waals surface area contributed by atoms with Crippen molar-refractivity contribution in [3.63, 3.8) is 0 Å². The molecule has 1 unspecified atom stereocenters. The maximum absolute atomic E-state index is 10.6. The molecule has 0 aliphatic carbocycles. The molecule has 1 fully saturated rings. The molecule has 1 heterocycles. The van der Waals surface area contributed by atoms with Crippen LogP contribution in [-0.2, 0) is 9.24 Å². The summed E-state index contributed by atoms with van der Waals surface area (Å²) >= 11 is 0. The topological polar surface area (TPSA) is 49.4 Å². The zero-order valence-corrected chi connectivity index (χ0v) is 9.24. The van der Waals surface area contributed by atoms with Gasteiger partial charge in [0.15, 0.2) is 0 Å². The second-order valence-corrected chi connectivity index (χ2v) is 5.59. The van der Waals surface area contributed by atoms with E-state index >= 15 is 0 Å². The van der Waals surface area contributed by atoms with Gasteiger partial charge in [-0.15, -0.1) is 0 Å². The molecule has 1 rings (SSSR count). The van der Waals surface area contributed by atoms with Crippen LogP contribution in [0.15, 0.2) is 0 Å². The van der Waals surface area contributed by atoms with E-state index in [4.69, 9.17) is 10.7 Å². The summed E-state index contributed by atoms with van der Waals surface area (Å²) in [5.74, 6) is 0. The van der Waals surface area contributed by atoms with Crippen LogP contribution in [0.5, 0.6) is 0 Å². The Hall–Kier alpha value is 0.160. The summed E-state index contributed by atoms with van der Waals surface area (Å²) in [5.41, 5.74) is 0. The molecular weight excluding hydrogens is 212 g/mol. The number of hydrogen-bond acceptors (Lipinski definition) is 3. The first-order valence-corrected chi connectivity index (χ1v) is 6.77. The lowest BCUT2D eigenvalue weighted by molar-refractivity contribution is 0.268. The van der Waals surface area contributed by atoms with Gasteiger partial charge in [0.1, 0.15) is 0 Å². The van der Waals surface area contributed by atoms with Crippen LogP contribution in [0.25, 0.3) is 0 Å². The van der Waals surface area contributed by atoms with Gasteiger partial charge in [-0.2, -0.15) is 8.42 Å². The highest BCUT2D eigenvalue weighted by Crippen LogP contribution is 2.15. The van der Waals surface area contributed by atoms with Gasteiger partial charge in [0.2, 0.25) is 0 Å². The molecule has 78 valence electrons. The second-order valence-electron chi connectivity index (χ2n) is 3.21. The molecule has 0 aromatic carbocycles. The highest BCUT2D eigenvalue weighted by atomic mass is 35.7. The van der Waals surface area contributed by atoms with E-state index in [1.165, 1.54) is 0 Å². The molecule has 0 aromatic heterocycles. The summed E-state index contributed by atoms with van der Waals surface area (Å²) in [7, 11) is 1.50. The van der Waals surface area contributed by atoms with Gasteiger partial charge in [0.25, 0.3) is 9.24 Å². The van der Waals surface area contributed by atoms with Crippen LogP contribution in [0.1, 0.15) is 19.8 Å². The van der Waals surface area contributed by atoms with Gasteiger partial charge in [0, 0.05) is 23.3 Å². The van der Waals surface area contributed by atoms with E-state index in [2.05, 4.69) is 16.5 Å². The summed E-state index contributed by atoms with van der Waals surface area (Å²) in [4.78, 5) is 2.26. The van der Waals surface area contributed by atoms with Gasteiger partial charge >= 0.3 is 0 Å². The maximum atomic E-state index is 10.6. The average molecular weight is 227 g/mol. The lowest BCUT2D eigenvalue weighted by Gasteiger charge is -2.21. The van der Waals surface area contributed by atoms with Crippen LogP contribution in [-0.4, -0.2) is 39.0 Å². The minimum Gasteiger partial charge on any atom is -0.299 e.